The lowest BCUT2D eigenvalue weighted by molar-refractivity contribution is -0.136. The molecule has 0 radical (unpaired) electrons. The van der Waals surface area contributed by atoms with Crippen molar-refractivity contribution in [1.29, 1.82) is 0 Å². The van der Waals surface area contributed by atoms with E-state index < -0.39 is 16.0 Å². The van der Waals surface area contributed by atoms with E-state index in [9.17, 15) is 18.0 Å². The van der Waals surface area contributed by atoms with Gasteiger partial charge in [-0.05, 0) is 67.6 Å². The average molecular weight is 719 g/mol. The Hall–Kier alpha value is -2.86. The summed E-state index contributed by atoms with van der Waals surface area (Å²) in [7, 11) is -2.19. The van der Waals surface area contributed by atoms with Gasteiger partial charge in [-0.3, -0.25) is 9.59 Å². The molecule has 1 aromatic rings. The van der Waals surface area contributed by atoms with Crippen molar-refractivity contribution in [2.24, 2.45) is 0 Å². The third-order valence-corrected chi connectivity index (χ3v) is 8.17. The van der Waals surface area contributed by atoms with E-state index in [4.69, 9.17) is 21.4 Å². The van der Waals surface area contributed by atoms with Crippen LogP contribution in [-0.2, 0) is 24.3 Å². The lowest BCUT2D eigenvalue weighted by Gasteiger charge is -2.36. The number of anilines is 1. The molecule has 0 aliphatic carbocycles. The Kier molecular flexibility index (Phi) is 24.1. The average Bonchev–Trinajstić information content (AvgIpc) is 2.99. The molecule has 2 N–H and O–H groups in total. The molecule has 1 saturated heterocycles. The minimum atomic E-state index is -3.67. The Morgan fingerprint density at radius 1 is 1.14 bits per heavy atom. The second-order valence-corrected chi connectivity index (χ2v) is 12.5. The van der Waals surface area contributed by atoms with Gasteiger partial charge in [0.05, 0.1) is 13.5 Å². The molecule has 1 fully saturated rings. The number of ether oxygens (including phenoxy) is 1. The summed E-state index contributed by atoms with van der Waals surface area (Å²) in [4.78, 5) is 21.8. The third kappa shape index (κ3) is 17.4. The van der Waals surface area contributed by atoms with Gasteiger partial charge in [0, 0.05) is 42.6 Å². The number of sulfonamides is 1. The lowest BCUT2D eigenvalue weighted by Crippen LogP contribution is -2.49. The Bertz CT molecular complexity index is 1230. The number of nitrogens with one attached hydrogen (secondary N) is 1. The number of methoxy groups -OCH3 is 1. The van der Waals surface area contributed by atoms with Crippen LogP contribution in [0.3, 0.4) is 0 Å². The summed E-state index contributed by atoms with van der Waals surface area (Å²) >= 11 is 9.24. The zero-order valence-electron chi connectivity index (χ0n) is 27.0. The Balaban J connectivity index is 0. The fourth-order valence-corrected chi connectivity index (χ4v) is 5.64. The maximum atomic E-state index is 13.2. The van der Waals surface area contributed by atoms with E-state index in [2.05, 4.69) is 52.3 Å². The van der Waals surface area contributed by atoms with Crippen LogP contribution in [0.15, 0.2) is 82.1 Å². The standard InChI is InChI=1S/C20H27ClN2O3S.C5H9Br.C5H7NO3.C2H6/c1-5-16(3)15-20(19(6-2)26-4)27(24,25)23-13-11-22(12-14-23)18-9-7-17(21)8-10-18;1-3-4-5(2)6;1-4(6-3-7)2-5(8)9;1-2/h6-10,15H,3,5,11-14H2,1-2,4H3;4H,3H2,1-2H3;3H,1-2H2,(H,6,7)(H,8,9);1-2H3/b19-6+,20-15+;5-4+;;. The first kappa shape index (κ1) is 43.3. The summed E-state index contributed by atoms with van der Waals surface area (Å²) in [5.41, 5.74) is 1.97. The fraction of sp³-hybridized carbons (Fsp3) is 0.438. The van der Waals surface area contributed by atoms with Crippen LogP contribution in [-0.4, -0.2) is 63.5 Å². The van der Waals surface area contributed by atoms with Crippen molar-refractivity contribution in [1.82, 2.24) is 9.62 Å². The van der Waals surface area contributed by atoms with Crippen molar-refractivity contribution in [3.05, 3.63) is 87.1 Å². The number of rotatable bonds is 12. The van der Waals surface area contributed by atoms with E-state index >= 15 is 0 Å². The van der Waals surface area contributed by atoms with Gasteiger partial charge in [0.1, 0.15) is 10.7 Å². The molecule has 0 atom stereocenters. The smallest absolute Gasteiger partial charge is 0.309 e. The first-order chi connectivity index (χ1) is 20.8. The zero-order valence-corrected chi connectivity index (χ0v) is 30.2. The van der Waals surface area contributed by atoms with Crippen molar-refractivity contribution in [3.8, 4) is 0 Å². The minimum absolute atomic E-state index is 0.166. The van der Waals surface area contributed by atoms with Gasteiger partial charge < -0.3 is 20.1 Å². The van der Waals surface area contributed by atoms with E-state index in [-0.39, 0.29) is 17.0 Å². The number of benzene rings is 1. The van der Waals surface area contributed by atoms with Crippen molar-refractivity contribution >= 4 is 55.6 Å². The molecule has 0 spiro atoms. The van der Waals surface area contributed by atoms with Crippen LogP contribution in [0.5, 0.6) is 0 Å². The number of piperazine rings is 1. The maximum Gasteiger partial charge on any atom is 0.309 e. The SMILES string of the molecule is C=C(/C=C(\C(=C/C)OC)S(=O)(=O)N1CCN(c2ccc(Cl)cc2)CC1)CC.C=C(CC(=O)O)NC=O.CC.CC/C=C(\C)Br. The highest BCUT2D eigenvalue weighted by Crippen LogP contribution is 2.27. The summed E-state index contributed by atoms with van der Waals surface area (Å²) in [6.07, 6.45) is 7.36. The molecule has 44 heavy (non-hydrogen) atoms. The van der Waals surface area contributed by atoms with Gasteiger partial charge in [0.15, 0.2) is 0 Å². The second kappa shape index (κ2) is 24.5. The number of allylic oxidation sites excluding steroid dienone is 5. The quantitative estimate of drug-likeness (QED) is 0.130. The predicted molar refractivity (Wildman–Crippen MR) is 187 cm³/mol. The molecular weight excluding hydrogens is 670 g/mol. The molecule has 0 saturated carbocycles. The fourth-order valence-electron chi connectivity index (χ4n) is 3.50. The molecule has 1 aromatic carbocycles. The number of carbonyl (C=O) groups is 2. The second-order valence-electron chi connectivity index (χ2n) is 8.88. The number of halogens is 2. The Morgan fingerprint density at radius 2 is 1.68 bits per heavy atom. The zero-order chi connectivity index (χ0) is 34.3. The first-order valence-corrected chi connectivity index (χ1v) is 16.9. The van der Waals surface area contributed by atoms with Crippen LogP contribution in [0.2, 0.25) is 5.02 Å². The Labute approximate surface area is 278 Å². The molecule has 248 valence electrons. The van der Waals surface area contributed by atoms with Gasteiger partial charge in [0.2, 0.25) is 16.4 Å². The van der Waals surface area contributed by atoms with Gasteiger partial charge in [-0.2, -0.15) is 4.31 Å². The first-order valence-electron chi connectivity index (χ1n) is 14.3. The van der Waals surface area contributed by atoms with Crippen LogP contribution in [0.1, 0.15) is 60.8 Å². The summed E-state index contributed by atoms with van der Waals surface area (Å²) in [6, 6.07) is 7.58. The summed E-state index contributed by atoms with van der Waals surface area (Å²) in [6.45, 7) is 21.1. The van der Waals surface area contributed by atoms with Crippen molar-refractivity contribution in [2.75, 3.05) is 38.2 Å². The number of hydrogen-bond acceptors (Lipinski definition) is 6. The molecule has 1 heterocycles. The summed E-state index contributed by atoms with van der Waals surface area (Å²) < 4.78 is 34.5. The molecule has 1 aliphatic rings. The van der Waals surface area contributed by atoms with Gasteiger partial charge in [0.25, 0.3) is 0 Å². The molecule has 0 aromatic heterocycles. The highest BCUT2D eigenvalue weighted by atomic mass is 79.9. The molecule has 1 amide bonds. The number of aliphatic carboxylic acids is 1. The normalized spacial score (nSPS) is 13.9. The van der Waals surface area contributed by atoms with E-state index in [0.29, 0.717) is 49.8 Å². The van der Waals surface area contributed by atoms with Gasteiger partial charge in [-0.25, -0.2) is 8.42 Å². The molecule has 2 rings (SSSR count). The topological polar surface area (TPSA) is 116 Å². The molecule has 0 unspecified atom stereocenters. The molecule has 9 nitrogen and oxygen atoms in total. The van der Waals surface area contributed by atoms with Gasteiger partial charge >= 0.3 is 5.97 Å². The lowest BCUT2D eigenvalue weighted by atomic mass is 10.2. The monoisotopic (exact) mass is 717 g/mol. The van der Waals surface area contributed by atoms with Crippen LogP contribution in [0.25, 0.3) is 0 Å². The largest absolute Gasteiger partial charge is 0.496 e. The molecule has 1 aliphatic heterocycles. The molecular formula is C32H49BrClN3O6S. The minimum Gasteiger partial charge on any atom is -0.496 e. The van der Waals surface area contributed by atoms with E-state index in [1.54, 1.807) is 19.1 Å². The van der Waals surface area contributed by atoms with Crippen molar-refractivity contribution in [3.63, 3.8) is 0 Å². The molecule has 12 heteroatoms. The van der Waals surface area contributed by atoms with Crippen molar-refractivity contribution < 1.29 is 27.9 Å². The van der Waals surface area contributed by atoms with Crippen LogP contribution in [0.4, 0.5) is 5.69 Å². The Morgan fingerprint density at radius 3 is 2.05 bits per heavy atom. The number of hydrogen-bond donors (Lipinski definition) is 2. The highest BCUT2D eigenvalue weighted by Gasteiger charge is 2.32. The summed E-state index contributed by atoms with van der Waals surface area (Å²) in [5, 5.41) is 10.9. The predicted octanol–water partition coefficient (Wildman–Crippen LogP) is 7.63. The van der Waals surface area contributed by atoms with E-state index in [1.165, 1.54) is 15.9 Å². The van der Waals surface area contributed by atoms with E-state index in [1.807, 2.05) is 52.0 Å². The summed E-state index contributed by atoms with van der Waals surface area (Å²) in [5.74, 6) is -0.668. The highest BCUT2D eigenvalue weighted by molar-refractivity contribution is 9.11. The van der Waals surface area contributed by atoms with Gasteiger partial charge in [-0.1, -0.05) is 80.0 Å². The van der Waals surface area contributed by atoms with Crippen LogP contribution >= 0.6 is 27.5 Å². The van der Waals surface area contributed by atoms with Crippen LogP contribution < -0.4 is 10.2 Å². The van der Waals surface area contributed by atoms with Crippen LogP contribution in [0, 0.1) is 0 Å². The number of carboxylic acids is 1. The number of nitrogens with zero attached hydrogens (tertiary/aromatic N) is 2. The number of amides is 1. The maximum absolute atomic E-state index is 13.2. The number of carboxylic acid groups (broad SMARTS) is 1. The van der Waals surface area contributed by atoms with Crippen molar-refractivity contribution in [2.45, 2.75) is 60.8 Å². The number of carbonyl (C=O) groups excluding carboxylic acids is 1. The third-order valence-electron chi connectivity index (χ3n) is 5.68. The van der Waals surface area contributed by atoms with E-state index in [0.717, 1.165) is 17.7 Å². The van der Waals surface area contributed by atoms with Gasteiger partial charge in [-0.15, -0.1) is 0 Å². The molecule has 0 bridgehead atoms.